The molecule has 0 fully saturated rings. The molecule has 0 aromatic carbocycles. The highest BCUT2D eigenvalue weighted by Crippen LogP contribution is 2.45. The average Bonchev–Trinajstić information content (AvgIpc) is 3.66. The minimum atomic E-state index is -4.95. The zero-order valence-corrected chi connectivity index (χ0v) is 57.6. The van der Waals surface area contributed by atoms with E-state index >= 15 is 0 Å². The van der Waals surface area contributed by atoms with Gasteiger partial charge in [-0.2, -0.15) is 0 Å². The number of unbranched alkanes of at least 4 members (excludes halogenated alkanes) is 33. The molecule has 0 aromatic rings. The number of rotatable bonds is 65. The fraction of sp³-hybridized carbons (Fsp3) is 0.940. The Kier molecular flexibility index (Phi) is 56.9. The van der Waals surface area contributed by atoms with Gasteiger partial charge in [0.2, 0.25) is 0 Å². The lowest BCUT2D eigenvalue weighted by Gasteiger charge is -2.21. The number of phosphoric acid groups is 2. The monoisotopic (exact) mass is 1270 g/mol. The van der Waals surface area contributed by atoms with Crippen molar-refractivity contribution >= 4 is 39.5 Å². The van der Waals surface area contributed by atoms with Gasteiger partial charge in [0.05, 0.1) is 26.4 Å². The standard InChI is InChI=1S/C67H130O17P2/c1-8-9-10-11-12-26-34-41-48-64(69)77-55-63(84-67(72)51-44-37-30-29-33-40-47-60(6)7)57-82-86(75,76)80-53-61(68)52-79-85(73,74)81-56-62(54-78-65(70)49-42-35-28-23-25-32-39-46-59(4)5)83-66(71)50-43-36-27-22-20-18-16-14-13-15-17-19-21-24-31-38-45-58(2)3/h58-63,68H,8-57H2,1-7H3,(H,73,74)(H,75,76)/t61-,62-,63-/m1/s1. The van der Waals surface area contributed by atoms with E-state index in [2.05, 4.69) is 48.5 Å². The summed E-state index contributed by atoms with van der Waals surface area (Å²) in [5, 5.41) is 10.5. The largest absolute Gasteiger partial charge is 0.472 e. The van der Waals surface area contributed by atoms with Gasteiger partial charge in [0.25, 0.3) is 0 Å². The van der Waals surface area contributed by atoms with Crippen molar-refractivity contribution < 1.29 is 80.2 Å². The number of hydrogen-bond acceptors (Lipinski definition) is 15. The van der Waals surface area contributed by atoms with Gasteiger partial charge in [-0.15, -0.1) is 0 Å². The summed E-state index contributed by atoms with van der Waals surface area (Å²) >= 11 is 0. The molecule has 3 N–H and O–H groups in total. The maximum Gasteiger partial charge on any atom is 0.472 e. The molecule has 0 bridgehead atoms. The summed E-state index contributed by atoms with van der Waals surface area (Å²) < 4.78 is 68.0. The van der Waals surface area contributed by atoms with Crippen LogP contribution >= 0.6 is 15.6 Å². The number of phosphoric ester groups is 2. The Hall–Kier alpha value is -1.94. The lowest BCUT2D eigenvalue weighted by Crippen LogP contribution is -2.30. The maximum absolute atomic E-state index is 13.0. The molecule has 5 atom stereocenters. The van der Waals surface area contributed by atoms with Crippen LogP contribution in [-0.4, -0.2) is 96.7 Å². The summed E-state index contributed by atoms with van der Waals surface area (Å²) in [6.45, 7) is 11.7. The lowest BCUT2D eigenvalue weighted by atomic mass is 10.0. The topological polar surface area (TPSA) is 237 Å². The van der Waals surface area contributed by atoms with Crippen LogP contribution in [0.5, 0.6) is 0 Å². The normalized spacial score (nSPS) is 14.3. The van der Waals surface area contributed by atoms with Crippen LogP contribution in [0.15, 0.2) is 0 Å². The highest BCUT2D eigenvalue weighted by Gasteiger charge is 2.30. The van der Waals surface area contributed by atoms with Crippen LogP contribution in [0.25, 0.3) is 0 Å². The predicted molar refractivity (Wildman–Crippen MR) is 344 cm³/mol. The third-order valence-corrected chi connectivity index (χ3v) is 17.3. The van der Waals surface area contributed by atoms with Gasteiger partial charge in [-0.05, 0) is 43.4 Å². The first-order valence-corrected chi connectivity index (χ1v) is 37.8. The van der Waals surface area contributed by atoms with Gasteiger partial charge in [-0.3, -0.25) is 37.3 Å². The molecule has 0 saturated carbocycles. The first-order chi connectivity index (χ1) is 41.2. The average molecular weight is 1270 g/mol. The van der Waals surface area contributed by atoms with E-state index in [0.29, 0.717) is 37.5 Å². The molecule has 86 heavy (non-hydrogen) atoms. The summed E-state index contributed by atoms with van der Waals surface area (Å²) in [6, 6.07) is 0. The smallest absolute Gasteiger partial charge is 0.462 e. The van der Waals surface area contributed by atoms with Crippen LogP contribution in [0.2, 0.25) is 0 Å². The van der Waals surface area contributed by atoms with Gasteiger partial charge in [-0.25, -0.2) is 9.13 Å². The van der Waals surface area contributed by atoms with E-state index in [1.54, 1.807) is 0 Å². The van der Waals surface area contributed by atoms with Crippen molar-refractivity contribution in [3.8, 4) is 0 Å². The van der Waals surface area contributed by atoms with Crippen LogP contribution in [0, 0.1) is 17.8 Å². The lowest BCUT2D eigenvalue weighted by molar-refractivity contribution is -0.161. The quantitative estimate of drug-likeness (QED) is 0.0222. The van der Waals surface area contributed by atoms with Crippen molar-refractivity contribution in [2.75, 3.05) is 39.6 Å². The Morgan fingerprint density at radius 3 is 0.791 bits per heavy atom. The Morgan fingerprint density at radius 1 is 0.314 bits per heavy atom. The summed E-state index contributed by atoms with van der Waals surface area (Å²) in [6.07, 6.45) is 40.7. The third kappa shape index (κ3) is 60.9. The SMILES string of the molecule is CCCCCCCCCCC(=O)OC[C@H](COP(=O)(O)OC[C@H](O)COP(=O)(O)OC[C@@H](COC(=O)CCCCCCCCCC(C)C)OC(=O)CCCCCCCCCCCCCCCCCCC(C)C)OC(=O)CCCCCCCCC(C)C. The summed E-state index contributed by atoms with van der Waals surface area (Å²) in [5.74, 6) is 0.0449. The van der Waals surface area contributed by atoms with Crippen molar-refractivity contribution in [2.24, 2.45) is 17.8 Å². The molecule has 0 rings (SSSR count). The molecule has 510 valence electrons. The molecule has 0 aromatic heterocycles. The van der Waals surface area contributed by atoms with E-state index in [9.17, 15) is 43.2 Å². The van der Waals surface area contributed by atoms with Crippen molar-refractivity contribution in [2.45, 2.75) is 349 Å². The number of aliphatic hydroxyl groups excluding tert-OH is 1. The van der Waals surface area contributed by atoms with E-state index in [4.69, 9.17) is 37.0 Å². The molecular formula is C67H130O17P2. The molecule has 0 heterocycles. The minimum absolute atomic E-state index is 0.102. The molecular weight excluding hydrogens is 1140 g/mol. The Labute approximate surface area is 524 Å². The Morgan fingerprint density at radius 2 is 0.535 bits per heavy atom. The molecule has 0 aliphatic heterocycles. The second kappa shape index (κ2) is 58.2. The zero-order chi connectivity index (χ0) is 63.8. The van der Waals surface area contributed by atoms with E-state index < -0.39 is 97.5 Å². The van der Waals surface area contributed by atoms with E-state index in [1.807, 2.05) is 0 Å². The number of carbonyl (C=O) groups excluding carboxylic acids is 4. The number of hydrogen-bond donors (Lipinski definition) is 3. The van der Waals surface area contributed by atoms with E-state index in [-0.39, 0.29) is 25.7 Å². The third-order valence-electron chi connectivity index (χ3n) is 15.4. The predicted octanol–water partition coefficient (Wildman–Crippen LogP) is 18.7. The van der Waals surface area contributed by atoms with Crippen LogP contribution in [0.3, 0.4) is 0 Å². The fourth-order valence-corrected chi connectivity index (χ4v) is 11.6. The van der Waals surface area contributed by atoms with Crippen LogP contribution in [0.4, 0.5) is 0 Å². The fourth-order valence-electron chi connectivity index (χ4n) is 10.0. The summed E-state index contributed by atoms with van der Waals surface area (Å²) in [4.78, 5) is 72.2. The van der Waals surface area contributed by atoms with Gasteiger partial charge < -0.3 is 33.8 Å². The molecule has 0 aliphatic carbocycles. The number of ether oxygens (including phenoxy) is 4. The Balaban J connectivity index is 5.16. The van der Waals surface area contributed by atoms with Crippen molar-refractivity contribution in [1.29, 1.82) is 0 Å². The second-order valence-corrected chi connectivity index (χ2v) is 28.5. The zero-order valence-electron chi connectivity index (χ0n) is 55.8. The van der Waals surface area contributed by atoms with Crippen LogP contribution in [0.1, 0.15) is 331 Å². The van der Waals surface area contributed by atoms with Crippen molar-refractivity contribution in [3.05, 3.63) is 0 Å². The maximum atomic E-state index is 13.0. The van der Waals surface area contributed by atoms with E-state index in [1.165, 1.54) is 128 Å². The molecule has 17 nitrogen and oxygen atoms in total. The number of aliphatic hydroxyl groups is 1. The highest BCUT2D eigenvalue weighted by atomic mass is 31.2. The number of carbonyl (C=O) groups is 4. The molecule has 0 radical (unpaired) electrons. The molecule has 19 heteroatoms. The highest BCUT2D eigenvalue weighted by molar-refractivity contribution is 7.47. The van der Waals surface area contributed by atoms with Gasteiger partial charge in [0.15, 0.2) is 12.2 Å². The molecule has 0 aliphatic rings. The Bertz CT molecular complexity index is 1700. The first-order valence-electron chi connectivity index (χ1n) is 34.8. The molecule has 0 spiro atoms. The summed E-state index contributed by atoms with van der Waals surface area (Å²) in [5.41, 5.74) is 0. The van der Waals surface area contributed by atoms with Crippen molar-refractivity contribution in [1.82, 2.24) is 0 Å². The van der Waals surface area contributed by atoms with Gasteiger partial charge in [0.1, 0.15) is 19.3 Å². The van der Waals surface area contributed by atoms with Gasteiger partial charge >= 0.3 is 39.5 Å². The summed E-state index contributed by atoms with van der Waals surface area (Å²) in [7, 11) is -9.89. The molecule has 2 unspecified atom stereocenters. The molecule has 0 amide bonds. The van der Waals surface area contributed by atoms with Crippen LogP contribution < -0.4 is 0 Å². The van der Waals surface area contributed by atoms with Gasteiger partial charge in [0, 0.05) is 25.7 Å². The van der Waals surface area contributed by atoms with E-state index in [0.717, 1.165) is 109 Å². The second-order valence-electron chi connectivity index (χ2n) is 25.6. The number of esters is 4. The van der Waals surface area contributed by atoms with Gasteiger partial charge in [-0.1, -0.05) is 280 Å². The van der Waals surface area contributed by atoms with Crippen LogP contribution in [-0.2, 0) is 65.4 Å². The first kappa shape index (κ1) is 84.1. The minimum Gasteiger partial charge on any atom is -0.462 e. The molecule has 0 saturated heterocycles. The van der Waals surface area contributed by atoms with Crippen molar-refractivity contribution in [3.63, 3.8) is 0 Å².